The molecule has 0 aliphatic carbocycles. The van der Waals surface area contributed by atoms with Crippen molar-refractivity contribution in [1.29, 1.82) is 0 Å². The Hall–Kier alpha value is -1.69. The lowest BCUT2D eigenvalue weighted by atomic mass is 10.0. The van der Waals surface area contributed by atoms with E-state index in [1.807, 2.05) is 14.0 Å². The van der Waals surface area contributed by atoms with Gasteiger partial charge in [-0.2, -0.15) is 0 Å². The SMILES string of the molecule is CNc1ncnc(Nc2cc(F)c(Br)cc2C)c1C(C)C. The van der Waals surface area contributed by atoms with Gasteiger partial charge in [-0.3, -0.25) is 0 Å². The van der Waals surface area contributed by atoms with Gasteiger partial charge in [0.25, 0.3) is 0 Å². The third-order valence-electron chi connectivity index (χ3n) is 3.22. The monoisotopic (exact) mass is 352 g/mol. The van der Waals surface area contributed by atoms with Crippen molar-refractivity contribution in [1.82, 2.24) is 9.97 Å². The van der Waals surface area contributed by atoms with Crippen LogP contribution in [0, 0.1) is 12.7 Å². The summed E-state index contributed by atoms with van der Waals surface area (Å²) in [6.45, 7) is 6.06. The van der Waals surface area contributed by atoms with E-state index in [0.29, 0.717) is 16.0 Å². The Bertz CT molecular complexity index is 658. The summed E-state index contributed by atoms with van der Waals surface area (Å²) in [4.78, 5) is 8.53. The number of nitrogens with zero attached hydrogens (tertiary/aromatic N) is 2. The largest absolute Gasteiger partial charge is 0.373 e. The molecule has 0 amide bonds. The first-order chi connectivity index (χ1) is 9.93. The number of aromatic nitrogens is 2. The van der Waals surface area contributed by atoms with Gasteiger partial charge in [-0.05, 0) is 46.5 Å². The molecule has 1 aromatic heterocycles. The smallest absolute Gasteiger partial charge is 0.139 e. The molecule has 0 saturated carbocycles. The predicted molar refractivity (Wildman–Crippen MR) is 87.8 cm³/mol. The molecule has 4 nitrogen and oxygen atoms in total. The maximum atomic E-state index is 13.7. The number of hydrogen-bond acceptors (Lipinski definition) is 4. The summed E-state index contributed by atoms with van der Waals surface area (Å²) in [6, 6.07) is 3.21. The number of anilines is 3. The fraction of sp³-hybridized carbons (Fsp3) is 0.333. The Morgan fingerprint density at radius 2 is 1.86 bits per heavy atom. The lowest BCUT2D eigenvalue weighted by Gasteiger charge is -2.17. The van der Waals surface area contributed by atoms with E-state index in [2.05, 4.69) is 50.4 Å². The second-order valence-electron chi connectivity index (χ2n) is 5.10. The maximum Gasteiger partial charge on any atom is 0.139 e. The van der Waals surface area contributed by atoms with Gasteiger partial charge in [-0.25, -0.2) is 14.4 Å². The van der Waals surface area contributed by atoms with Crippen molar-refractivity contribution in [3.63, 3.8) is 0 Å². The minimum absolute atomic E-state index is 0.233. The lowest BCUT2D eigenvalue weighted by molar-refractivity contribution is 0.621. The van der Waals surface area contributed by atoms with Gasteiger partial charge in [0, 0.05) is 18.3 Å². The fourth-order valence-electron chi connectivity index (χ4n) is 2.15. The molecule has 21 heavy (non-hydrogen) atoms. The number of benzene rings is 1. The van der Waals surface area contributed by atoms with Crippen molar-refractivity contribution in [2.24, 2.45) is 0 Å². The fourth-order valence-corrected chi connectivity index (χ4v) is 2.61. The van der Waals surface area contributed by atoms with E-state index >= 15 is 0 Å². The maximum absolute atomic E-state index is 13.7. The molecule has 0 radical (unpaired) electrons. The zero-order valence-corrected chi connectivity index (χ0v) is 14.0. The van der Waals surface area contributed by atoms with Gasteiger partial charge in [-0.1, -0.05) is 13.8 Å². The second-order valence-corrected chi connectivity index (χ2v) is 5.95. The third kappa shape index (κ3) is 3.32. The molecule has 0 aliphatic heterocycles. The summed E-state index contributed by atoms with van der Waals surface area (Å²) in [5, 5.41) is 6.28. The quantitative estimate of drug-likeness (QED) is 0.844. The van der Waals surface area contributed by atoms with Crippen molar-refractivity contribution in [2.75, 3.05) is 17.7 Å². The van der Waals surface area contributed by atoms with Gasteiger partial charge in [0.2, 0.25) is 0 Å². The molecule has 0 unspecified atom stereocenters. The van der Waals surface area contributed by atoms with Crippen molar-refractivity contribution in [3.05, 3.63) is 39.9 Å². The molecule has 2 rings (SSSR count). The number of aryl methyl sites for hydroxylation is 1. The molecule has 0 bridgehead atoms. The Kier molecular flexibility index (Phi) is 4.77. The van der Waals surface area contributed by atoms with Crippen LogP contribution in [0.1, 0.15) is 30.9 Å². The van der Waals surface area contributed by atoms with Crippen LogP contribution in [-0.2, 0) is 0 Å². The molecule has 0 spiro atoms. The summed E-state index contributed by atoms with van der Waals surface area (Å²) in [7, 11) is 1.82. The molecule has 2 N–H and O–H groups in total. The molecule has 0 atom stereocenters. The van der Waals surface area contributed by atoms with Crippen LogP contribution in [0.5, 0.6) is 0 Å². The van der Waals surface area contributed by atoms with Crippen LogP contribution < -0.4 is 10.6 Å². The van der Waals surface area contributed by atoms with E-state index in [1.165, 1.54) is 12.4 Å². The first kappa shape index (κ1) is 15.7. The molecule has 1 aromatic carbocycles. The molecular formula is C15H18BrFN4. The normalized spacial score (nSPS) is 10.8. The predicted octanol–water partition coefficient (Wildman–Crippen LogP) is 4.60. The van der Waals surface area contributed by atoms with Crippen LogP contribution in [-0.4, -0.2) is 17.0 Å². The minimum atomic E-state index is -0.308. The lowest BCUT2D eigenvalue weighted by Crippen LogP contribution is -2.07. The van der Waals surface area contributed by atoms with Crippen LogP contribution in [0.4, 0.5) is 21.7 Å². The van der Waals surface area contributed by atoms with Crippen molar-refractivity contribution >= 4 is 33.3 Å². The molecule has 0 fully saturated rings. The first-order valence-electron chi connectivity index (χ1n) is 6.69. The van der Waals surface area contributed by atoms with E-state index < -0.39 is 0 Å². The molecule has 2 aromatic rings. The Morgan fingerprint density at radius 3 is 2.48 bits per heavy atom. The topological polar surface area (TPSA) is 49.8 Å². The van der Waals surface area contributed by atoms with E-state index in [9.17, 15) is 4.39 Å². The highest BCUT2D eigenvalue weighted by Gasteiger charge is 2.15. The van der Waals surface area contributed by atoms with Crippen LogP contribution in [0.2, 0.25) is 0 Å². The highest BCUT2D eigenvalue weighted by Crippen LogP contribution is 2.32. The Labute approximate surface area is 132 Å². The van der Waals surface area contributed by atoms with Gasteiger partial charge < -0.3 is 10.6 Å². The highest BCUT2D eigenvalue weighted by molar-refractivity contribution is 9.10. The third-order valence-corrected chi connectivity index (χ3v) is 3.83. The minimum Gasteiger partial charge on any atom is -0.373 e. The van der Waals surface area contributed by atoms with E-state index in [1.54, 1.807) is 6.07 Å². The van der Waals surface area contributed by atoms with E-state index in [-0.39, 0.29) is 11.7 Å². The van der Waals surface area contributed by atoms with Gasteiger partial charge >= 0.3 is 0 Å². The average Bonchev–Trinajstić information content (AvgIpc) is 2.44. The van der Waals surface area contributed by atoms with Crippen LogP contribution in [0.3, 0.4) is 0 Å². The summed E-state index contributed by atoms with van der Waals surface area (Å²) in [5.74, 6) is 1.39. The Morgan fingerprint density at radius 1 is 1.19 bits per heavy atom. The average molecular weight is 353 g/mol. The summed E-state index contributed by atoms with van der Waals surface area (Å²) in [5.41, 5.74) is 2.60. The highest BCUT2D eigenvalue weighted by atomic mass is 79.9. The number of nitrogens with one attached hydrogen (secondary N) is 2. The van der Waals surface area contributed by atoms with Crippen LogP contribution >= 0.6 is 15.9 Å². The standard InChI is InChI=1S/C15H18BrFN4/c1-8(2)13-14(18-4)19-7-20-15(13)21-12-6-11(17)10(16)5-9(12)3/h5-8H,1-4H3,(H2,18,19,20,21). The zero-order valence-electron chi connectivity index (χ0n) is 12.5. The van der Waals surface area contributed by atoms with Crippen LogP contribution in [0.15, 0.2) is 22.9 Å². The van der Waals surface area contributed by atoms with Gasteiger partial charge in [0.1, 0.15) is 23.8 Å². The number of hydrogen-bond donors (Lipinski definition) is 2. The molecule has 0 saturated heterocycles. The molecule has 0 aliphatic rings. The van der Waals surface area contributed by atoms with Crippen molar-refractivity contribution < 1.29 is 4.39 Å². The van der Waals surface area contributed by atoms with Crippen LogP contribution in [0.25, 0.3) is 0 Å². The molecule has 1 heterocycles. The summed E-state index contributed by atoms with van der Waals surface area (Å²) < 4.78 is 14.2. The second kappa shape index (κ2) is 6.39. The molecule has 6 heteroatoms. The Balaban J connectivity index is 2.47. The molecular weight excluding hydrogens is 335 g/mol. The van der Waals surface area contributed by atoms with Gasteiger partial charge in [0.05, 0.1) is 4.47 Å². The van der Waals surface area contributed by atoms with Crippen molar-refractivity contribution in [3.8, 4) is 0 Å². The van der Waals surface area contributed by atoms with Gasteiger partial charge in [-0.15, -0.1) is 0 Å². The van der Waals surface area contributed by atoms with E-state index in [0.717, 1.165) is 16.9 Å². The van der Waals surface area contributed by atoms with Crippen molar-refractivity contribution in [2.45, 2.75) is 26.7 Å². The molecule has 112 valence electrons. The number of rotatable bonds is 4. The number of halogens is 2. The summed E-state index contributed by atoms with van der Waals surface area (Å²) in [6.07, 6.45) is 1.49. The summed E-state index contributed by atoms with van der Waals surface area (Å²) >= 11 is 3.19. The van der Waals surface area contributed by atoms with E-state index in [4.69, 9.17) is 0 Å². The zero-order chi connectivity index (χ0) is 15.6. The first-order valence-corrected chi connectivity index (χ1v) is 7.48. The van der Waals surface area contributed by atoms with Gasteiger partial charge in [0.15, 0.2) is 0 Å².